The lowest BCUT2D eigenvalue weighted by atomic mass is 10.9. The third-order valence-corrected chi connectivity index (χ3v) is 1.78. The van der Waals surface area contributed by atoms with Crippen molar-refractivity contribution in [1.29, 1.82) is 0 Å². The van der Waals surface area contributed by atoms with E-state index in [1.165, 1.54) is 11.8 Å². The van der Waals surface area contributed by atoms with Crippen LogP contribution >= 0.6 is 20.0 Å². The minimum absolute atomic E-state index is 0.0545. The van der Waals surface area contributed by atoms with Crippen LogP contribution in [0.15, 0.2) is 0 Å². The van der Waals surface area contributed by atoms with Gasteiger partial charge in [-0.2, -0.15) is 0 Å². The van der Waals surface area contributed by atoms with E-state index in [0.717, 1.165) is 5.75 Å². The second kappa shape index (κ2) is 2.09. The highest BCUT2D eigenvalue weighted by atomic mass is 32.2. The number of thioether (sulfide) groups is 1. The van der Waals surface area contributed by atoms with Crippen molar-refractivity contribution in [3.05, 3.63) is 0 Å². The Labute approximate surface area is 46.0 Å². The first-order chi connectivity index (χ1) is 3.29. The summed E-state index contributed by atoms with van der Waals surface area (Å²) in [6.45, 7) is 0. The normalized spacial score (nSPS) is 29.9. The molecule has 2 atom stereocenters. The van der Waals surface area contributed by atoms with Crippen LogP contribution in [0.1, 0.15) is 0 Å². The molecule has 5 heteroatoms. The lowest BCUT2D eigenvalue weighted by Crippen LogP contribution is -1.92. The summed E-state index contributed by atoms with van der Waals surface area (Å²) in [6.07, 6.45) is 0. The van der Waals surface area contributed by atoms with Crippen molar-refractivity contribution in [2.75, 3.05) is 5.75 Å². The molecule has 2 unspecified atom stereocenters. The van der Waals surface area contributed by atoms with Gasteiger partial charge in [0.2, 0.25) is 0 Å². The largest absolute Gasteiger partial charge is 0.566 e. The third-order valence-electron chi connectivity index (χ3n) is 0.506. The van der Waals surface area contributed by atoms with Crippen LogP contribution in [0, 0.1) is 0 Å². The topological polar surface area (TPSA) is 49.4 Å². The van der Waals surface area contributed by atoms with Gasteiger partial charge in [0.05, 0.1) is 0 Å². The molecular formula is C2H3O3PS. The molecule has 7 heavy (non-hydrogen) atoms. The van der Waals surface area contributed by atoms with Crippen LogP contribution in [0.25, 0.3) is 0 Å². The zero-order chi connectivity index (χ0) is 5.28. The summed E-state index contributed by atoms with van der Waals surface area (Å²) in [5.41, 5.74) is -0.0545. The first-order valence-electron chi connectivity index (χ1n) is 1.72. The minimum Gasteiger partial charge on any atom is -0.566 e. The van der Waals surface area contributed by atoms with Crippen LogP contribution in [0.3, 0.4) is 0 Å². The highest BCUT2D eigenvalue weighted by Gasteiger charge is 2.29. The van der Waals surface area contributed by atoms with Gasteiger partial charge in [0.1, 0.15) is 0 Å². The van der Waals surface area contributed by atoms with Crippen molar-refractivity contribution >= 4 is 20.0 Å². The van der Waals surface area contributed by atoms with Gasteiger partial charge in [-0.05, 0) is 4.57 Å². The van der Waals surface area contributed by atoms with Gasteiger partial charge in [-0.15, -0.1) is 16.3 Å². The van der Waals surface area contributed by atoms with E-state index >= 15 is 0 Å². The molecule has 3 nitrogen and oxygen atoms in total. The quantitative estimate of drug-likeness (QED) is 0.401. The van der Waals surface area contributed by atoms with Gasteiger partial charge in [0.15, 0.2) is 5.44 Å². The Hall–Kier alpha value is 0.370. The SMILES string of the molecule is O=[P+]([O-])OC1CS1. The van der Waals surface area contributed by atoms with Gasteiger partial charge in [-0.3, -0.25) is 0 Å². The molecule has 0 bridgehead atoms. The Morgan fingerprint density at radius 1 is 2.00 bits per heavy atom. The van der Waals surface area contributed by atoms with Crippen molar-refractivity contribution in [3.63, 3.8) is 0 Å². The van der Waals surface area contributed by atoms with Gasteiger partial charge in [-0.25, -0.2) is 0 Å². The number of hydrogen-bond donors (Lipinski definition) is 0. The molecule has 0 spiro atoms. The van der Waals surface area contributed by atoms with Crippen molar-refractivity contribution in [3.8, 4) is 0 Å². The average Bonchev–Trinajstić information content (AvgIpc) is 2.17. The third kappa shape index (κ3) is 2.24. The molecule has 0 amide bonds. The number of hydrogen-bond acceptors (Lipinski definition) is 4. The van der Waals surface area contributed by atoms with E-state index in [0.29, 0.717) is 0 Å². The molecule has 0 aromatic heterocycles. The molecular weight excluding hydrogens is 135 g/mol. The first-order valence-corrected chi connectivity index (χ1v) is 3.86. The zero-order valence-corrected chi connectivity index (χ0v) is 5.08. The van der Waals surface area contributed by atoms with Crippen LogP contribution in [-0.4, -0.2) is 11.2 Å². The summed E-state index contributed by atoms with van der Waals surface area (Å²) in [7, 11) is -2.60. The Morgan fingerprint density at radius 3 is 2.71 bits per heavy atom. The van der Waals surface area contributed by atoms with Gasteiger partial charge in [-0.1, -0.05) is 0 Å². The van der Waals surface area contributed by atoms with Gasteiger partial charge >= 0.3 is 8.25 Å². The van der Waals surface area contributed by atoms with Crippen molar-refractivity contribution in [2.45, 2.75) is 5.44 Å². The highest BCUT2D eigenvalue weighted by molar-refractivity contribution is 8.06. The molecule has 40 valence electrons. The molecule has 1 aliphatic heterocycles. The van der Waals surface area contributed by atoms with Crippen molar-refractivity contribution < 1.29 is 14.0 Å². The molecule has 1 fully saturated rings. The maximum Gasteiger partial charge on any atom is 0.489 e. The lowest BCUT2D eigenvalue weighted by Gasteiger charge is -1.79. The van der Waals surface area contributed by atoms with E-state index in [9.17, 15) is 9.46 Å². The second-order valence-corrected chi connectivity index (χ2v) is 2.94. The molecule has 0 aliphatic carbocycles. The second-order valence-electron chi connectivity index (χ2n) is 1.09. The molecule has 1 aliphatic rings. The molecule has 0 saturated carbocycles. The minimum atomic E-state index is -2.60. The molecule has 0 radical (unpaired) electrons. The highest BCUT2D eigenvalue weighted by Crippen LogP contribution is 2.36. The Balaban J connectivity index is 2.08. The molecule has 1 rings (SSSR count). The Morgan fingerprint density at radius 2 is 2.57 bits per heavy atom. The summed E-state index contributed by atoms with van der Waals surface area (Å²) in [4.78, 5) is 9.65. The summed E-state index contributed by atoms with van der Waals surface area (Å²) < 4.78 is 13.9. The average molecular weight is 138 g/mol. The Bertz CT molecular complexity index is 90.9. The Kier molecular flexibility index (Phi) is 1.65. The fourth-order valence-corrected chi connectivity index (χ4v) is 1.16. The van der Waals surface area contributed by atoms with Gasteiger partial charge in [0, 0.05) is 5.75 Å². The first kappa shape index (κ1) is 5.51. The maximum absolute atomic E-state index is 9.65. The van der Waals surface area contributed by atoms with E-state index in [4.69, 9.17) is 0 Å². The van der Waals surface area contributed by atoms with E-state index < -0.39 is 8.25 Å². The molecule has 0 N–H and O–H groups in total. The molecule has 0 aromatic carbocycles. The summed E-state index contributed by atoms with van der Waals surface area (Å²) >= 11 is 1.49. The zero-order valence-electron chi connectivity index (χ0n) is 3.36. The summed E-state index contributed by atoms with van der Waals surface area (Å²) in [6, 6.07) is 0. The smallest absolute Gasteiger partial charge is 0.489 e. The molecule has 0 aromatic rings. The maximum atomic E-state index is 9.65. The molecule has 1 heterocycles. The number of rotatable bonds is 2. The summed E-state index contributed by atoms with van der Waals surface area (Å²) in [5.74, 6) is 0.823. The predicted octanol–water partition coefficient (Wildman–Crippen LogP) is 0.0936. The van der Waals surface area contributed by atoms with Crippen LogP contribution in [0.4, 0.5) is 0 Å². The van der Waals surface area contributed by atoms with Crippen LogP contribution < -0.4 is 4.89 Å². The van der Waals surface area contributed by atoms with E-state index in [2.05, 4.69) is 4.52 Å². The van der Waals surface area contributed by atoms with Crippen LogP contribution in [-0.2, 0) is 9.09 Å². The van der Waals surface area contributed by atoms with E-state index in [-0.39, 0.29) is 5.44 Å². The van der Waals surface area contributed by atoms with Crippen LogP contribution in [0.2, 0.25) is 0 Å². The molecule has 1 saturated heterocycles. The van der Waals surface area contributed by atoms with Crippen molar-refractivity contribution in [2.24, 2.45) is 0 Å². The van der Waals surface area contributed by atoms with Crippen molar-refractivity contribution in [1.82, 2.24) is 0 Å². The summed E-state index contributed by atoms with van der Waals surface area (Å²) in [5, 5.41) is 0. The standard InChI is InChI=1S/C2H3O3PS/c3-6(4)5-2-1-7-2/h2H,1H2. The van der Waals surface area contributed by atoms with Gasteiger partial charge < -0.3 is 4.89 Å². The van der Waals surface area contributed by atoms with Gasteiger partial charge in [0.25, 0.3) is 0 Å². The van der Waals surface area contributed by atoms with E-state index in [1.807, 2.05) is 0 Å². The van der Waals surface area contributed by atoms with Crippen LogP contribution in [0.5, 0.6) is 0 Å². The lowest BCUT2D eigenvalue weighted by molar-refractivity contribution is -0.185. The van der Waals surface area contributed by atoms with E-state index in [1.54, 1.807) is 0 Å². The monoisotopic (exact) mass is 138 g/mol. The fraction of sp³-hybridized carbons (Fsp3) is 1.00. The predicted molar refractivity (Wildman–Crippen MR) is 24.9 cm³/mol. The fourth-order valence-electron chi connectivity index (χ4n) is 0.196.